The number of aryl methyl sites for hydroxylation is 1. The van der Waals surface area contributed by atoms with Crippen molar-refractivity contribution in [1.29, 1.82) is 0 Å². The van der Waals surface area contributed by atoms with E-state index in [2.05, 4.69) is 10.2 Å². The number of aromatic hydroxyl groups is 1. The molecule has 0 unspecified atom stereocenters. The molecule has 1 aromatic carbocycles. The average Bonchev–Trinajstić information content (AvgIpc) is 2.69. The van der Waals surface area contributed by atoms with E-state index in [1.54, 1.807) is 13.1 Å². The van der Waals surface area contributed by atoms with Gasteiger partial charge in [0.1, 0.15) is 5.75 Å². The summed E-state index contributed by atoms with van der Waals surface area (Å²) in [7, 11) is 1.56. The number of fused-ring (bicyclic) bond motifs is 3. The number of aromatic nitrogens is 4. The summed E-state index contributed by atoms with van der Waals surface area (Å²) in [6, 6.07) is 4.44. The highest BCUT2D eigenvalue weighted by molar-refractivity contribution is 5.79. The van der Waals surface area contributed by atoms with Crippen LogP contribution in [0.25, 0.3) is 16.7 Å². The van der Waals surface area contributed by atoms with Crippen molar-refractivity contribution in [2.45, 2.75) is 0 Å². The fraction of sp³-hybridized carbons (Fsp3) is 0.100. The average molecular weight is 232 g/mol. The SMILES string of the molecule is Cn1c(=O)c2n[nH]c(=O)n2c2ccc(O)cc21. The molecule has 17 heavy (non-hydrogen) atoms. The molecular formula is C10H8N4O3. The first-order valence-corrected chi connectivity index (χ1v) is 4.88. The summed E-state index contributed by atoms with van der Waals surface area (Å²) in [5, 5.41) is 15.3. The van der Waals surface area contributed by atoms with E-state index in [1.165, 1.54) is 21.1 Å². The Kier molecular flexibility index (Phi) is 1.68. The van der Waals surface area contributed by atoms with Gasteiger partial charge in [-0.15, -0.1) is 5.10 Å². The first-order chi connectivity index (χ1) is 8.09. The predicted molar refractivity (Wildman–Crippen MR) is 60.2 cm³/mol. The molecule has 7 heteroatoms. The van der Waals surface area contributed by atoms with Gasteiger partial charge in [-0.25, -0.2) is 14.3 Å². The molecule has 0 spiro atoms. The number of H-pyrrole nitrogens is 1. The molecule has 0 saturated heterocycles. The molecule has 2 N–H and O–H groups in total. The van der Waals surface area contributed by atoms with Crippen molar-refractivity contribution < 1.29 is 5.11 Å². The highest BCUT2D eigenvalue weighted by Crippen LogP contribution is 2.17. The molecule has 3 aromatic rings. The Bertz CT molecular complexity index is 855. The predicted octanol–water partition coefficient (Wildman–Crippen LogP) is -0.420. The van der Waals surface area contributed by atoms with Gasteiger partial charge in [-0.1, -0.05) is 0 Å². The van der Waals surface area contributed by atoms with E-state index in [0.717, 1.165) is 0 Å². The Morgan fingerprint density at radius 2 is 2.06 bits per heavy atom. The third kappa shape index (κ3) is 1.13. The molecule has 0 atom stereocenters. The van der Waals surface area contributed by atoms with Gasteiger partial charge in [-0.05, 0) is 12.1 Å². The number of hydrogen-bond donors (Lipinski definition) is 2. The topological polar surface area (TPSA) is 92.4 Å². The zero-order chi connectivity index (χ0) is 12.2. The lowest BCUT2D eigenvalue weighted by Crippen LogP contribution is -2.23. The van der Waals surface area contributed by atoms with Crippen molar-refractivity contribution in [3.8, 4) is 5.75 Å². The molecule has 0 amide bonds. The summed E-state index contributed by atoms with van der Waals surface area (Å²) < 4.78 is 2.53. The molecule has 0 bridgehead atoms. The van der Waals surface area contributed by atoms with Crippen molar-refractivity contribution in [2.75, 3.05) is 0 Å². The van der Waals surface area contributed by atoms with Crippen LogP contribution in [0.5, 0.6) is 5.75 Å². The van der Waals surface area contributed by atoms with Gasteiger partial charge in [-0.3, -0.25) is 4.79 Å². The molecule has 0 radical (unpaired) electrons. The summed E-state index contributed by atoms with van der Waals surface area (Å²) in [5.41, 5.74) is 0.134. The standard InChI is InChI=1S/C10H8N4O3/c1-13-7-4-5(15)2-3-6(7)14-8(9(13)16)11-12-10(14)17/h2-4,15H,1H3,(H,12,17). The van der Waals surface area contributed by atoms with Crippen LogP contribution in [0.2, 0.25) is 0 Å². The van der Waals surface area contributed by atoms with Gasteiger partial charge < -0.3 is 9.67 Å². The normalized spacial score (nSPS) is 11.4. The Labute approximate surface area is 93.6 Å². The van der Waals surface area contributed by atoms with Gasteiger partial charge in [0, 0.05) is 13.1 Å². The third-order valence-corrected chi connectivity index (χ3v) is 2.73. The summed E-state index contributed by atoms with van der Waals surface area (Å²) in [5.74, 6) is 0.0309. The summed E-state index contributed by atoms with van der Waals surface area (Å²) >= 11 is 0. The number of phenolic OH excluding ortho intramolecular Hbond substituents is 1. The van der Waals surface area contributed by atoms with E-state index in [4.69, 9.17) is 0 Å². The molecule has 0 aliphatic heterocycles. The number of phenols is 1. The van der Waals surface area contributed by atoms with Gasteiger partial charge in [0.15, 0.2) is 0 Å². The largest absolute Gasteiger partial charge is 0.508 e. The van der Waals surface area contributed by atoms with E-state index in [9.17, 15) is 14.7 Å². The fourth-order valence-corrected chi connectivity index (χ4v) is 1.89. The number of aromatic amines is 1. The van der Waals surface area contributed by atoms with Crippen LogP contribution in [-0.4, -0.2) is 24.3 Å². The lowest BCUT2D eigenvalue weighted by Gasteiger charge is -2.06. The second-order valence-corrected chi connectivity index (χ2v) is 3.72. The van der Waals surface area contributed by atoms with Crippen molar-refractivity contribution in [3.63, 3.8) is 0 Å². The van der Waals surface area contributed by atoms with Crippen LogP contribution in [0.4, 0.5) is 0 Å². The van der Waals surface area contributed by atoms with Crippen molar-refractivity contribution in [3.05, 3.63) is 39.0 Å². The van der Waals surface area contributed by atoms with E-state index in [1.807, 2.05) is 0 Å². The number of nitrogens with one attached hydrogen (secondary N) is 1. The molecule has 7 nitrogen and oxygen atoms in total. The smallest absolute Gasteiger partial charge is 0.348 e. The second-order valence-electron chi connectivity index (χ2n) is 3.72. The molecule has 0 fully saturated rings. The minimum atomic E-state index is -0.478. The molecule has 0 aliphatic carbocycles. The highest BCUT2D eigenvalue weighted by Gasteiger charge is 2.12. The zero-order valence-corrected chi connectivity index (χ0v) is 8.84. The number of nitrogens with zero attached hydrogens (tertiary/aromatic N) is 3. The quantitative estimate of drug-likeness (QED) is 0.550. The van der Waals surface area contributed by atoms with E-state index < -0.39 is 11.2 Å². The molecular weight excluding hydrogens is 224 g/mol. The molecule has 0 aliphatic rings. The maximum absolute atomic E-state index is 11.9. The lowest BCUT2D eigenvalue weighted by atomic mass is 10.2. The van der Waals surface area contributed by atoms with Crippen LogP contribution < -0.4 is 11.2 Å². The lowest BCUT2D eigenvalue weighted by molar-refractivity contribution is 0.475. The minimum absolute atomic E-state index is 0.0309. The van der Waals surface area contributed by atoms with Crippen LogP contribution in [0.3, 0.4) is 0 Å². The van der Waals surface area contributed by atoms with Gasteiger partial charge >= 0.3 is 5.69 Å². The van der Waals surface area contributed by atoms with Gasteiger partial charge in [0.25, 0.3) is 5.56 Å². The highest BCUT2D eigenvalue weighted by atomic mass is 16.3. The Morgan fingerprint density at radius 3 is 2.82 bits per heavy atom. The fourth-order valence-electron chi connectivity index (χ4n) is 1.89. The molecule has 3 rings (SSSR count). The van der Waals surface area contributed by atoms with Crippen molar-refractivity contribution in [2.24, 2.45) is 7.05 Å². The van der Waals surface area contributed by atoms with Gasteiger partial charge in [-0.2, -0.15) is 0 Å². The zero-order valence-electron chi connectivity index (χ0n) is 8.84. The van der Waals surface area contributed by atoms with Crippen LogP contribution in [0, 0.1) is 0 Å². The Hall–Kier alpha value is -2.57. The number of rotatable bonds is 0. The molecule has 2 heterocycles. The first-order valence-electron chi connectivity index (χ1n) is 4.88. The Balaban J connectivity index is 2.78. The monoisotopic (exact) mass is 232 g/mol. The van der Waals surface area contributed by atoms with Crippen LogP contribution in [-0.2, 0) is 7.05 Å². The van der Waals surface area contributed by atoms with E-state index in [0.29, 0.717) is 11.0 Å². The third-order valence-electron chi connectivity index (χ3n) is 2.73. The first kappa shape index (κ1) is 9.64. The van der Waals surface area contributed by atoms with E-state index in [-0.39, 0.29) is 11.4 Å². The van der Waals surface area contributed by atoms with Gasteiger partial charge in [0.2, 0.25) is 5.65 Å². The number of benzene rings is 1. The maximum Gasteiger partial charge on any atom is 0.348 e. The molecule has 2 aromatic heterocycles. The summed E-state index contributed by atoms with van der Waals surface area (Å²) in [4.78, 5) is 23.5. The number of hydrogen-bond acceptors (Lipinski definition) is 4. The second kappa shape index (κ2) is 2.97. The Morgan fingerprint density at radius 1 is 1.29 bits per heavy atom. The van der Waals surface area contributed by atoms with Crippen LogP contribution >= 0.6 is 0 Å². The van der Waals surface area contributed by atoms with E-state index >= 15 is 0 Å². The van der Waals surface area contributed by atoms with Crippen molar-refractivity contribution >= 4 is 16.7 Å². The van der Waals surface area contributed by atoms with Crippen LogP contribution in [0.15, 0.2) is 27.8 Å². The van der Waals surface area contributed by atoms with Crippen molar-refractivity contribution in [1.82, 2.24) is 19.2 Å². The molecule has 0 saturated carbocycles. The maximum atomic E-state index is 11.9. The summed E-state index contributed by atoms with van der Waals surface area (Å²) in [6.07, 6.45) is 0. The minimum Gasteiger partial charge on any atom is -0.508 e. The van der Waals surface area contributed by atoms with Gasteiger partial charge in [0.05, 0.1) is 11.0 Å². The molecule has 86 valence electrons. The summed E-state index contributed by atoms with van der Waals surface area (Å²) in [6.45, 7) is 0. The van der Waals surface area contributed by atoms with Crippen LogP contribution in [0.1, 0.15) is 0 Å².